The molecular formula is C27H32FN5O3. The summed E-state index contributed by atoms with van der Waals surface area (Å²) in [5, 5.41) is 5.27. The number of piperidine rings is 1. The Morgan fingerprint density at radius 3 is 2.56 bits per heavy atom. The predicted octanol–water partition coefficient (Wildman–Crippen LogP) is 4.04. The monoisotopic (exact) mass is 493 g/mol. The Labute approximate surface area is 210 Å². The first-order valence-electron chi connectivity index (χ1n) is 12.4. The van der Waals surface area contributed by atoms with E-state index < -0.39 is 11.8 Å². The molecule has 1 spiro atoms. The molecule has 0 saturated carbocycles. The number of carbonyl (C=O) groups excluding carboxylic acids is 2. The maximum absolute atomic E-state index is 15.0. The highest BCUT2D eigenvalue weighted by Crippen LogP contribution is 2.40. The van der Waals surface area contributed by atoms with Crippen LogP contribution in [0.2, 0.25) is 0 Å². The topological polar surface area (TPSA) is 70.9 Å². The molecule has 36 heavy (non-hydrogen) atoms. The first-order valence-corrected chi connectivity index (χ1v) is 12.4. The van der Waals surface area contributed by atoms with Gasteiger partial charge in [0.25, 0.3) is 0 Å². The van der Waals surface area contributed by atoms with Crippen LogP contribution in [0.4, 0.5) is 14.9 Å². The maximum atomic E-state index is 15.0. The molecule has 1 aromatic heterocycles. The molecule has 5 rings (SSSR count). The van der Waals surface area contributed by atoms with Crippen molar-refractivity contribution < 1.29 is 18.7 Å². The van der Waals surface area contributed by atoms with E-state index in [1.807, 2.05) is 30.1 Å². The average Bonchev–Trinajstić information content (AvgIpc) is 3.25. The second-order valence-corrected chi connectivity index (χ2v) is 9.97. The normalized spacial score (nSPS) is 17.3. The second kappa shape index (κ2) is 9.54. The minimum Gasteiger partial charge on any atom is -0.465 e. The number of halogens is 1. The van der Waals surface area contributed by atoms with E-state index in [1.165, 1.54) is 13.2 Å². The zero-order chi connectivity index (χ0) is 25.4. The summed E-state index contributed by atoms with van der Waals surface area (Å²) in [6.45, 7) is 6.86. The van der Waals surface area contributed by atoms with E-state index >= 15 is 4.39 Å². The van der Waals surface area contributed by atoms with Gasteiger partial charge in [-0.05, 0) is 55.1 Å². The fourth-order valence-electron chi connectivity index (χ4n) is 5.45. The third-order valence-electron chi connectivity index (χ3n) is 7.74. The van der Waals surface area contributed by atoms with Gasteiger partial charge in [0, 0.05) is 49.9 Å². The third kappa shape index (κ3) is 4.43. The lowest BCUT2D eigenvalue weighted by molar-refractivity contribution is -0.0357. The Bertz CT molecular complexity index is 1290. The number of anilines is 1. The smallest absolute Gasteiger partial charge is 0.337 e. The van der Waals surface area contributed by atoms with Crippen molar-refractivity contribution >= 4 is 28.6 Å². The molecule has 2 amide bonds. The molecule has 3 heterocycles. The summed E-state index contributed by atoms with van der Waals surface area (Å²) < 4.78 is 21.5. The van der Waals surface area contributed by atoms with Gasteiger partial charge in [-0.15, -0.1) is 0 Å². The number of amides is 2. The number of carbonyl (C=O) groups is 2. The minimum atomic E-state index is -0.602. The fourth-order valence-corrected chi connectivity index (χ4v) is 5.45. The molecule has 2 aromatic carbocycles. The number of methoxy groups -OCH3 is 1. The number of hydrogen-bond acceptors (Lipinski definition) is 5. The van der Waals surface area contributed by atoms with Crippen LogP contribution in [0, 0.1) is 11.2 Å². The molecule has 2 aliphatic rings. The van der Waals surface area contributed by atoms with Gasteiger partial charge < -0.3 is 14.5 Å². The number of nitrogens with zero attached hydrogens (tertiary/aromatic N) is 5. The Morgan fingerprint density at radius 2 is 1.89 bits per heavy atom. The van der Waals surface area contributed by atoms with Gasteiger partial charge in [0.1, 0.15) is 5.82 Å². The number of aryl methyl sites for hydroxylation is 1. The molecule has 2 saturated heterocycles. The molecule has 8 nitrogen and oxygen atoms in total. The van der Waals surface area contributed by atoms with Crippen molar-refractivity contribution in [3.8, 4) is 0 Å². The Kier molecular flexibility index (Phi) is 6.42. The summed E-state index contributed by atoms with van der Waals surface area (Å²) in [5.41, 5.74) is 2.34. The van der Waals surface area contributed by atoms with Gasteiger partial charge >= 0.3 is 12.0 Å². The van der Waals surface area contributed by atoms with Crippen molar-refractivity contribution in [3.63, 3.8) is 0 Å². The molecular weight excluding hydrogens is 461 g/mol. The standard InChI is InChI=1S/C27H32FN5O3/c1-4-31-17-27(18-31)9-11-32(12-10-27)26(35)33(22-8-7-20-15-29-30(2)24(20)14-22)16-21-6-5-19(13-23(21)28)25(34)36-3/h5-8,13-15H,4,9-12,16-18H2,1-3H3. The van der Waals surface area contributed by atoms with Gasteiger partial charge in [0.05, 0.1) is 30.9 Å². The number of hydrogen-bond donors (Lipinski definition) is 0. The fraction of sp³-hybridized carbons (Fsp3) is 0.444. The quantitative estimate of drug-likeness (QED) is 0.502. The van der Waals surface area contributed by atoms with Crippen molar-refractivity contribution in [2.75, 3.05) is 44.7 Å². The van der Waals surface area contributed by atoms with Crippen LogP contribution in [0.3, 0.4) is 0 Å². The van der Waals surface area contributed by atoms with Gasteiger partial charge in [0.15, 0.2) is 0 Å². The lowest BCUT2D eigenvalue weighted by atomic mass is 9.72. The molecule has 9 heteroatoms. The molecule has 0 aliphatic carbocycles. The summed E-state index contributed by atoms with van der Waals surface area (Å²) in [5.74, 6) is -1.15. The Morgan fingerprint density at radius 1 is 1.14 bits per heavy atom. The van der Waals surface area contributed by atoms with Crippen LogP contribution in [0.25, 0.3) is 10.9 Å². The number of rotatable bonds is 5. The molecule has 0 radical (unpaired) electrons. The van der Waals surface area contributed by atoms with Crippen LogP contribution in [-0.4, -0.2) is 71.4 Å². The highest BCUT2D eigenvalue weighted by Gasteiger charge is 2.45. The van der Waals surface area contributed by atoms with Gasteiger partial charge in [-0.1, -0.05) is 13.0 Å². The summed E-state index contributed by atoms with van der Waals surface area (Å²) in [6.07, 6.45) is 3.73. The van der Waals surface area contributed by atoms with Crippen molar-refractivity contribution in [1.82, 2.24) is 19.6 Å². The zero-order valence-corrected chi connectivity index (χ0v) is 21.0. The lowest BCUT2D eigenvalue weighted by Crippen LogP contribution is -2.61. The zero-order valence-electron chi connectivity index (χ0n) is 21.0. The van der Waals surface area contributed by atoms with Crippen molar-refractivity contribution in [1.29, 1.82) is 0 Å². The summed E-state index contributed by atoms with van der Waals surface area (Å²) >= 11 is 0. The molecule has 2 fully saturated rings. The van der Waals surface area contributed by atoms with Crippen molar-refractivity contribution in [3.05, 3.63) is 59.5 Å². The first-order chi connectivity index (χ1) is 17.3. The van der Waals surface area contributed by atoms with Gasteiger partial charge in [0.2, 0.25) is 0 Å². The highest BCUT2D eigenvalue weighted by molar-refractivity contribution is 5.95. The van der Waals surface area contributed by atoms with Gasteiger partial charge in [-0.3, -0.25) is 9.58 Å². The van der Waals surface area contributed by atoms with Crippen LogP contribution in [-0.2, 0) is 18.3 Å². The van der Waals surface area contributed by atoms with Gasteiger partial charge in [-0.25, -0.2) is 14.0 Å². The predicted molar refractivity (Wildman–Crippen MR) is 135 cm³/mol. The van der Waals surface area contributed by atoms with Crippen molar-refractivity contribution in [2.45, 2.75) is 26.3 Å². The van der Waals surface area contributed by atoms with E-state index in [0.717, 1.165) is 49.4 Å². The number of esters is 1. The largest absolute Gasteiger partial charge is 0.465 e. The molecule has 0 atom stereocenters. The Balaban J connectivity index is 1.42. The SMILES string of the molecule is CCN1CC2(CCN(C(=O)N(Cc3ccc(C(=O)OC)cc3F)c3ccc4cnn(C)c4c3)CC2)C1. The van der Waals surface area contributed by atoms with E-state index in [9.17, 15) is 9.59 Å². The summed E-state index contributed by atoms with van der Waals surface area (Å²) in [6, 6.07) is 9.80. The Hall–Kier alpha value is -3.46. The molecule has 3 aromatic rings. The number of likely N-dealkylation sites (tertiary alicyclic amines) is 2. The second-order valence-electron chi connectivity index (χ2n) is 9.97. The van der Waals surface area contributed by atoms with Crippen LogP contribution >= 0.6 is 0 Å². The van der Waals surface area contributed by atoms with E-state index in [1.54, 1.807) is 21.8 Å². The highest BCUT2D eigenvalue weighted by atomic mass is 19.1. The van der Waals surface area contributed by atoms with E-state index in [2.05, 4.69) is 16.9 Å². The van der Waals surface area contributed by atoms with Crippen LogP contribution in [0.5, 0.6) is 0 Å². The minimum absolute atomic E-state index is 0.0424. The molecule has 0 N–H and O–H groups in total. The summed E-state index contributed by atoms with van der Waals surface area (Å²) in [4.78, 5) is 31.6. The van der Waals surface area contributed by atoms with Crippen LogP contribution < -0.4 is 4.90 Å². The van der Waals surface area contributed by atoms with E-state index in [4.69, 9.17) is 4.74 Å². The number of aromatic nitrogens is 2. The number of urea groups is 1. The van der Waals surface area contributed by atoms with Crippen LogP contribution in [0.15, 0.2) is 42.6 Å². The van der Waals surface area contributed by atoms with E-state index in [-0.39, 0.29) is 18.1 Å². The van der Waals surface area contributed by atoms with Gasteiger partial charge in [-0.2, -0.15) is 5.10 Å². The molecule has 190 valence electrons. The number of benzene rings is 2. The number of ether oxygens (including phenoxy) is 1. The van der Waals surface area contributed by atoms with E-state index in [0.29, 0.717) is 29.8 Å². The maximum Gasteiger partial charge on any atom is 0.337 e. The first kappa shape index (κ1) is 24.2. The summed E-state index contributed by atoms with van der Waals surface area (Å²) in [7, 11) is 3.11. The lowest BCUT2D eigenvalue weighted by Gasteiger charge is -2.54. The molecule has 2 aliphatic heterocycles. The third-order valence-corrected chi connectivity index (χ3v) is 7.74. The molecule has 0 bridgehead atoms. The number of fused-ring (bicyclic) bond motifs is 1. The van der Waals surface area contributed by atoms with Crippen molar-refractivity contribution in [2.24, 2.45) is 12.5 Å². The van der Waals surface area contributed by atoms with Crippen LogP contribution in [0.1, 0.15) is 35.7 Å². The molecule has 0 unspecified atom stereocenters. The average molecular weight is 494 g/mol.